The molecule has 6 nitrogen and oxygen atoms in total. The standard InChI is InChI=1S/C21H28N2O4S/c1-15(16-6-5-7-19(14-16)28(25,26)22-2)23-17-10-12-18(13-11-17)27-21-9-4-3-8-20(21)24/h5-7,10-15,20-24H,3-4,8-9H2,1-2H3/t15-,20+,21+/m0/s1. The van der Waals surface area contributed by atoms with Crippen molar-refractivity contribution >= 4 is 15.7 Å². The average Bonchev–Trinajstić information content (AvgIpc) is 2.71. The lowest BCUT2D eigenvalue weighted by molar-refractivity contribution is 0.00688. The van der Waals surface area contributed by atoms with E-state index >= 15 is 0 Å². The van der Waals surface area contributed by atoms with E-state index in [4.69, 9.17) is 4.74 Å². The molecule has 0 aromatic heterocycles. The Labute approximate surface area is 167 Å². The lowest BCUT2D eigenvalue weighted by Crippen LogP contribution is -2.34. The fourth-order valence-corrected chi connectivity index (χ4v) is 4.21. The van der Waals surface area contributed by atoms with E-state index in [9.17, 15) is 13.5 Å². The highest BCUT2D eigenvalue weighted by molar-refractivity contribution is 7.89. The molecule has 0 spiro atoms. The van der Waals surface area contributed by atoms with E-state index in [0.29, 0.717) is 0 Å². The minimum atomic E-state index is -3.47. The van der Waals surface area contributed by atoms with Gasteiger partial charge in [-0.05, 0) is 75.2 Å². The van der Waals surface area contributed by atoms with Gasteiger partial charge in [-0.15, -0.1) is 0 Å². The second-order valence-electron chi connectivity index (χ2n) is 7.18. The van der Waals surface area contributed by atoms with E-state index in [2.05, 4.69) is 10.0 Å². The number of sulfonamides is 1. The van der Waals surface area contributed by atoms with E-state index in [1.807, 2.05) is 37.3 Å². The summed E-state index contributed by atoms with van der Waals surface area (Å²) in [5.74, 6) is 0.742. The molecule has 2 aromatic rings. The van der Waals surface area contributed by atoms with Gasteiger partial charge < -0.3 is 15.2 Å². The summed E-state index contributed by atoms with van der Waals surface area (Å²) in [6, 6.07) is 14.4. The summed E-state index contributed by atoms with van der Waals surface area (Å²) in [5, 5.41) is 13.4. The Hall–Kier alpha value is -2.09. The second-order valence-corrected chi connectivity index (χ2v) is 9.07. The normalized spacial score (nSPS) is 21.1. The summed E-state index contributed by atoms with van der Waals surface area (Å²) in [6.07, 6.45) is 3.28. The number of aliphatic hydroxyl groups excluding tert-OH is 1. The predicted octanol–water partition coefficient (Wildman–Crippen LogP) is 3.45. The predicted molar refractivity (Wildman–Crippen MR) is 110 cm³/mol. The third-order valence-corrected chi connectivity index (χ3v) is 6.54. The zero-order valence-electron chi connectivity index (χ0n) is 16.3. The molecule has 0 aliphatic heterocycles. The lowest BCUT2D eigenvalue weighted by atomic mass is 9.95. The van der Waals surface area contributed by atoms with Crippen LogP contribution in [-0.2, 0) is 10.0 Å². The van der Waals surface area contributed by atoms with Crippen molar-refractivity contribution < 1.29 is 18.3 Å². The summed E-state index contributed by atoms with van der Waals surface area (Å²) in [5.41, 5.74) is 1.79. The molecule has 3 rings (SSSR count). The number of hydrogen-bond acceptors (Lipinski definition) is 5. The molecule has 28 heavy (non-hydrogen) atoms. The van der Waals surface area contributed by atoms with Crippen molar-refractivity contribution in [2.24, 2.45) is 0 Å². The summed E-state index contributed by atoms with van der Waals surface area (Å²) in [4.78, 5) is 0.246. The van der Waals surface area contributed by atoms with Crippen molar-refractivity contribution in [3.63, 3.8) is 0 Å². The lowest BCUT2D eigenvalue weighted by Gasteiger charge is -2.28. The second kappa shape index (κ2) is 8.94. The first kappa shape index (κ1) is 20.6. The van der Waals surface area contributed by atoms with Crippen molar-refractivity contribution in [2.75, 3.05) is 12.4 Å². The molecular formula is C21H28N2O4S. The van der Waals surface area contributed by atoms with Gasteiger partial charge in [0, 0.05) is 11.7 Å². The molecule has 2 aromatic carbocycles. The van der Waals surface area contributed by atoms with E-state index in [0.717, 1.165) is 42.7 Å². The topological polar surface area (TPSA) is 87.7 Å². The molecule has 152 valence electrons. The third kappa shape index (κ3) is 5.04. The molecule has 0 amide bonds. The van der Waals surface area contributed by atoms with E-state index < -0.39 is 16.1 Å². The number of benzene rings is 2. The van der Waals surface area contributed by atoms with Crippen LogP contribution in [0.4, 0.5) is 5.69 Å². The molecule has 0 bridgehead atoms. The largest absolute Gasteiger partial charge is 0.488 e. The van der Waals surface area contributed by atoms with E-state index in [1.165, 1.54) is 7.05 Å². The molecule has 0 radical (unpaired) electrons. The van der Waals surface area contributed by atoms with Crippen LogP contribution in [0.3, 0.4) is 0 Å². The molecule has 3 atom stereocenters. The van der Waals surface area contributed by atoms with Crippen molar-refractivity contribution in [1.82, 2.24) is 4.72 Å². The highest BCUT2D eigenvalue weighted by Gasteiger charge is 2.24. The molecule has 1 aliphatic carbocycles. The van der Waals surface area contributed by atoms with Crippen LogP contribution in [0.5, 0.6) is 5.75 Å². The summed E-state index contributed by atoms with van der Waals surface area (Å²) < 4.78 is 32.3. The zero-order valence-corrected chi connectivity index (χ0v) is 17.1. The Morgan fingerprint density at radius 2 is 1.82 bits per heavy atom. The van der Waals surface area contributed by atoms with Crippen LogP contribution in [0.25, 0.3) is 0 Å². The number of nitrogens with one attached hydrogen (secondary N) is 2. The fraction of sp³-hybridized carbons (Fsp3) is 0.429. The van der Waals surface area contributed by atoms with Crippen LogP contribution >= 0.6 is 0 Å². The van der Waals surface area contributed by atoms with Gasteiger partial charge in [0.25, 0.3) is 0 Å². The number of ether oxygens (including phenoxy) is 1. The molecule has 0 heterocycles. The summed E-state index contributed by atoms with van der Waals surface area (Å²) >= 11 is 0. The van der Waals surface area contributed by atoms with E-state index in [-0.39, 0.29) is 17.0 Å². The monoisotopic (exact) mass is 404 g/mol. The van der Waals surface area contributed by atoms with Crippen LogP contribution in [-0.4, -0.2) is 32.8 Å². The molecule has 0 unspecified atom stereocenters. The summed E-state index contributed by atoms with van der Waals surface area (Å²) in [7, 11) is -2.06. The van der Waals surface area contributed by atoms with Gasteiger partial charge in [-0.1, -0.05) is 18.6 Å². The fourth-order valence-electron chi connectivity index (χ4n) is 3.42. The Morgan fingerprint density at radius 1 is 1.11 bits per heavy atom. The molecule has 1 fully saturated rings. The van der Waals surface area contributed by atoms with Crippen LogP contribution in [0.1, 0.15) is 44.2 Å². The average molecular weight is 405 g/mol. The molecule has 0 saturated heterocycles. The van der Waals surface area contributed by atoms with Gasteiger partial charge in [-0.2, -0.15) is 0 Å². The SMILES string of the molecule is CNS(=O)(=O)c1cccc([C@H](C)Nc2ccc(O[C@@H]3CCCC[C@H]3O)cc2)c1. The van der Waals surface area contributed by atoms with Crippen LogP contribution in [0.2, 0.25) is 0 Å². The maximum absolute atomic E-state index is 12.0. The molecule has 1 aliphatic rings. The van der Waals surface area contributed by atoms with Crippen molar-refractivity contribution in [3.8, 4) is 5.75 Å². The van der Waals surface area contributed by atoms with Crippen LogP contribution < -0.4 is 14.8 Å². The van der Waals surface area contributed by atoms with E-state index in [1.54, 1.807) is 18.2 Å². The van der Waals surface area contributed by atoms with Gasteiger partial charge >= 0.3 is 0 Å². The van der Waals surface area contributed by atoms with Gasteiger partial charge in [0.15, 0.2) is 0 Å². The molecule has 3 N–H and O–H groups in total. The first-order chi connectivity index (χ1) is 13.4. The van der Waals surface area contributed by atoms with Gasteiger partial charge in [-0.3, -0.25) is 0 Å². The van der Waals surface area contributed by atoms with Crippen LogP contribution in [0, 0.1) is 0 Å². The Balaban J connectivity index is 1.64. The van der Waals surface area contributed by atoms with Gasteiger partial charge in [0.2, 0.25) is 10.0 Å². The highest BCUT2D eigenvalue weighted by atomic mass is 32.2. The van der Waals surface area contributed by atoms with Gasteiger partial charge in [0.05, 0.1) is 11.0 Å². The van der Waals surface area contributed by atoms with Crippen LogP contribution in [0.15, 0.2) is 53.4 Å². The first-order valence-corrected chi connectivity index (χ1v) is 11.1. The Bertz CT molecular complexity index is 884. The molecular weight excluding hydrogens is 376 g/mol. The summed E-state index contributed by atoms with van der Waals surface area (Å²) in [6.45, 7) is 1.98. The third-order valence-electron chi connectivity index (χ3n) is 5.13. The maximum atomic E-state index is 12.0. The minimum absolute atomic E-state index is 0.0704. The Morgan fingerprint density at radius 3 is 2.50 bits per heavy atom. The van der Waals surface area contributed by atoms with Crippen molar-refractivity contribution in [1.29, 1.82) is 0 Å². The number of rotatable bonds is 7. The van der Waals surface area contributed by atoms with Crippen molar-refractivity contribution in [2.45, 2.75) is 55.8 Å². The molecule has 1 saturated carbocycles. The first-order valence-electron chi connectivity index (χ1n) is 9.64. The highest BCUT2D eigenvalue weighted by Crippen LogP contribution is 2.26. The number of hydrogen-bond donors (Lipinski definition) is 3. The van der Waals surface area contributed by atoms with Gasteiger partial charge in [0.1, 0.15) is 11.9 Å². The molecule has 7 heteroatoms. The minimum Gasteiger partial charge on any atom is -0.488 e. The number of anilines is 1. The quantitative estimate of drug-likeness (QED) is 0.658. The van der Waals surface area contributed by atoms with Crippen molar-refractivity contribution in [3.05, 3.63) is 54.1 Å². The zero-order chi connectivity index (χ0) is 20.1. The smallest absolute Gasteiger partial charge is 0.240 e. The maximum Gasteiger partial charge on any atom is 0.240 e. The number of aliphatic hydroxyl groups is 1. The Kier molecular flexibility index (Phi) is 6.59. The van der Waals surface area contributed by atoms with Gasteiger partial charge in [-0.25, -0.2) is 13.1 Å².